The highest BCUT2D eigenvalue weighted by Gasteiger charge is 2.16. The Morgan fingerprint density at radius 3 is 2.62 bits per heavy atom. The van der Waals surface area contributed by atoms with Gasteiger partial charge in [0.1, 0.15) is 0 Å². The molecule has 0 aliphatic heterocycles. The number of ether oxygens (including phenoxy) is 1. The first-order chi connectivity index (χ1) is 12.6. The molecule has 1 atom stereocenters. The van der Waals surface area contributed by atoms with Gasteiger partial charge in [-0.3, -0.25) is 9.67 Å². The van der Waals surface area contributed by atoms with Gasteiger partial charge in [-0.15, -0.1) is 0 Å². The molecule has 1 aromatic heterocycles. The Kier molecular flexibility index (Phi) is 8.91. The van der Waals surface area contributed by atoms with Crippen molar-refractivity contribution < 1.29 is 4.74 Å². The second kappa shape index (κ2) is 11.2. The fraction of sp³-hybridized carbons (Fsp3) is 0.789. The molecule has 1 heterocycles. The summed E-state index contributed by atoms with van der Waals surface area (Å²) in [6.45, 7) is 2.27. The van der Waals surface area contributed by atoms with Crippen molar-refractivity contribution in [2.45, 2.75) is 50.7 Å². The molecular formula is C19H36N6O. The number of likely N-dealkylation sites (N-methyl/N-ethyl adjacent to an activating group) is 1. The molecule has 0 radical (unpaired) electrons. The molecule has 2 N–H and O–H groups in total. The number of nitrogens with one attached hydrogen (secondary N) is 2. The lowest BCUT2D eigenvalue weighted by Crippen LogP contribution is -2.43. The average Bonchev–Trinajstić information content (AvgIpc) is 2.88. The summed E-state index contributed by atoms with van der Waals surface area (Å²) in [5.74, 6) is 0.810. The number of aliphatic imine (C=N–C) groups is 1. The fourth-order valence-electron chi connectivity index (χ4n) is 3.43. The van der Waals surface area contributed by atoms with E-state index in [2.05, 4.69) is 45.9 Å². The molecular weight excluding hydrogens is 328 g/mol. The molecule has 1 aromatic rings. The van der Waals surface area contributed by atoms with Gasteiger partial charge < -0.3 is 20.3 Å². The number of hydrogen-bond donors (Lipinski definition) is 2. The van der Waals surface area contributed by atoms with Gasteiger partial charge in [0.2, 0.25) is 0 Å². The molecule has 148 valence electrons. The van der Waals surface area contributed by atoms with Crippen molar-refractivity contribution in [1.82, 2.24) is 25.3 Å². The summed E-state index contributed by atoms with van der Waals surface area (Å²) < 4.78 is 7.87. The van der Waals surface area contributed by atoms with Crippen LogP contribution in [-0.2, 0) is 11.8 Å². The second-order valence-electron chi connectivity index (χ2n) is 7.29. The largest absolute Gasteiger partial charge is 0.376 e. The molecule has 1 aliphatic rings. The lowest BCUT2D eigenvalue weighted by Gasteiger charge is -2.24. The molecule has 0 saturated heterocycles. The topological polar surface area (TPSA) is 66.7 Å². The van der Waals surface area contributed by atoms with E-state index in [1.54, 1.807) is 7.05 Å². The minimum Gasteiger partial charge on any atom is -0.376 e. The Hall–Kier alpha value is -1.60. The van der Waals surface area contributed by atoms with E-state index in [0.717, 1.165) is 25.7 Å². The van der Waals surface area contributed by atoms with Gasteiger partial charge in [0, 0.05) is 38.9 Å². The Labute approximate surface area is 158 Å². The highest BCUT2D eigenvalue weighted by molar-refractivity contribution is 5.79. The van der Waals surface area contributed by atoms with Crippen molar-refractivity contribution in [3.05, 3.63) is 18.0 Å². The molecule has 1 fully saturated rings. The molecule has 0 bridgehead atoms. The van der Waals surface area contributed by atoms with Crippen LogP contribution in [0.2, 0.25) is 0 Å². The molecule has 1 unspecified atom stereocenters. The highest BCUT2D eigenvalue weighted by Crippen LogP contribution is 2.19. The van der Waals surface area contributed by atoms with E-state index in [-0.39, 0.29) is 6.04 Å². The van der Waals surface area contributed by atoms with Crippen molar-refractivity contribution >= 4 is 5.96 Å². The van der Waals surface area contributed by atoms with Gasteiger partial charge in [0.05, 0.1) is 24.9 Å². The van der Waals surface area contributed by atoms with E-state index >= 15 is 0 Å². The van der Waals surface area contributed by atoms with E-state index in [1.165, 1.54) is 44.1 Å². The average molecular weight is 365 g/mol. The summed E-state index contributed by atoms with van der Waals surface area (Å²) in [5.41, 5.74) is 1.19. The molecule has 1 saturated carbocycles. The Balaban J connectivity index is 1.70. The summed E-state index contributed by atoms with van der Waals surface area (Å²) in [7, 11) is 7.90. The van der Waals surface area contributed by atoms with Crippen LogP contribution in [0.3, 0.4) is 0 Å². The van der Waals surface area contributed by atoms with Gasteiger partial charge in [-0.25, -0.2) is 0 Å². The van der Waals surface area contributed by atoms with Crippen molar-refractivity contribution in [3.63, 3.8) is 0 Å². The van der Waals surface area contributed by atoms with E-state index in [4.69, 9.17) is 4.74 Å². The maximum absolute atomic E-state index is 6.03. The van der Waals surface area contributed by atoms with Gasteiger partial charge in [0.25, 0.3) is 0 Å². The quantitative estimate of drug-likeness (QED) is 0.319. The number of hydrogen-bond acceptors (Lipinski definition) is 4. The molecule has 0 aromatic carbocycles. The number of aromatic nitrogens is 2. The molecule has 7 nitrogen and oxygen atoms in total. The van der Waals surface area contributed by atoms with Gasteiger partial charge in [-0.2, -0.15) is 5.10 Å². The van der Waals surface area contributed by atoms with Crippen molar-refractivity contribution in [2.75, 3.05) is 40.8 Å². The molecule has 7 heteroatoms. The normalized spacial score (nSPS) is 18.0. The zero-order valence-electron chi connectivity index (χ0n) is 16.9. The van der Waals surface area contributed by atoms with Crippen LogP contribution in [0.4, 0.5) is 0 Å². The standard InChI is InChI=1S/C19H36N6O/c1-20-19(21-11-12-26-17-9-7-5-6-8-10-17)22-14-18(24(2)3)16-13-23-25(4)15-16/h13,15,17-18H,5-12,14H2,1-4H3,(H2,20,21,22). The summed E-state index contributed by atoms with van der Waals surface area (Å²) in [4.78, 5) is 6.50. The van der Waals surface area contributed by atoms with E-state index in [0.29, 0.717) is 6.10 Å². The number of rotatable bonds is 8. The lowest BCUT2D eigenvalue weighted by atomic mass is 10.1. The van der Waals surface area contributed by atoms with Gasteiger partial charge in [-0.05, 0) is 26.9 Å². The highest BCUT2D eigenvalue weighted by atomic mass is 16.5. The van der Waals surface area contributed by atoms with Gasteiger partial charge in [0.15, 0.2) is 5.96 Å². The number of aryl methyl sites for hydroxylation is 1. The second-order valence-corrected chi connectivity index (χ2v) is 7.29. The maximum Gasteiger partial charge on any atom is 0.191 e. The van der Waals surface area contributed by atoms with Crippen LogP contribution in [0.5, 0.6) is 0 Å². The first-order valence-electron chi connectivity index (χ1n) is 9.81. The van der Waals surface area contributed by atoms with Crippen molar-refractivity contribution in [3.8, 4) is 0 Å². The first kappa shape index (κ1) is 20.7. The van der Waals surface area contributed by atoms with E-state index in [9.17, 15) is 0 Å². The van der Waals surface area contributed by atoms with Crippen LogP contribution in [0.1, 0.15) is 50.1 Å². The van der Waals surface area contributed by atoms with E-state index < -0.39 is 0 Å². The molecule has 1 aliphatic carbocycles. The maximum atomic E-state index is 6.03. The van der Waals surface area contributed by atoms with E-state index in [1.807, 2.05) is 17.9 Å². The molecule has 2 rings (SSSR count). The van der Waals surface area contributed by atoms with Gasteiger partial charge in [-0.1, -0.05) is 25.7 Å². The third kappa shape index (κ3) is 6.96. The Bertz CT molecular complexity index is 534. The predicted octanol–water partition coefficient (Wildman–Crippen LogP) is 1.93. The SMILES string of the molecule is CN=C(NCCOC1CCCCCC1)NCC(c1cnn(C)c1)N(C)C. The van der Waals surface area contributed by atoms with Gasteiger partial charge >= 0.3 is 0 Å². The minimum absolute atomic E-state index is 0.240. The zero-order chi connectivity index (χ0) is 18.8. The van der Waals surface area contributed by atoms with Crippen LogP contribution in [0.25, 0.3) is 0 Å². The predicted molar refractivity (Wildman–Crippen MR) is 106 cm³/mol. The van der Waals surface area contributed by atoms with Crippen molar-refractivity contribution in [2.24, 2.45) is 12.0 Å². The first-order valence-corrected chi connectivity index (χ1v) is 9.81. The smallest absolute Gasteiger partial charge is 0.191 e. The number of nitrogens with zero attached hydrogens (tertiary/aromatic N) is 4. The summed E-state index contributed by atoms with van der Waals surface area (Å²) in [6.07, 6.45) is 12.2. The fourth-order valence-corrected chi connectivity index (χ4v) is 3.43. The minimum atomic E-state index is 0.240. The Morgan fingerprint density at radius 1 is 1.31 bits per heavy atom. The molecule has 0 amide bonds. The van der Waals surface area contributed by atoms with Crippen LogP contribution in [0, 0.1) is 0 Å². The summed E-state index contributed by atoms with van der Waals surface area (Å²) in [5, 5.41) is 11.0. The lowest BCUT2D eigenvalue weighted by molar-refractivity contribution is 0.0468. The van der Waals surface area contributed by atoms with Crippen LogP contribution in [-0.4, -0.2) is 67.6 Å². The monoisotopic (exact) mass is 364 g/mol. The third-order valence-corrected chi connectivity index (χ3v) is 4.97. The summed E-state index contributed by atoms with van der Waals surface area (Å²) >= 11 is 0. The van der Waals surface area contributed by atoms with Crippen LogP contribution >= 0.6 is 0 Å². The van der Waals surface area contributed by atoms with Crippen LogP contribution in [0.15, 0.2) is 17.4 Å². The third-order valence-electron chi connectivity index (χ3n) is 4.97. The molecule has 0 spiro atoms. The zero-order valence-corrected chi connectivity index (χ0v) is 16.9. The summed E-state index contributed by atoms with van der Waals surface area (Å²) in [6, 6.07) is 0.240. The van der Waals surface area contributed by atoms with Crippen molar-refractivity contribution in [1.29, 1.82) is 0 Å². The molecule has 26 heavy (non-hydrogen) atoms. The Morgan fingerprint density at radius 2 is 2.04 bits per heavy atom. The van der Waals surface area contributed by atoms with Crippen LogP contribution < -0.4 is 10.6 Å². The number of guanidine groups is 1.